The molecule has 6 nitrogen and oxygen atoms in total. The van der Waals surface area contributed by atoms with E-state index in [2.05, 4.69) is 5.32 Å². The molecule has 0 bridgehead atoms. The van der Waals surface area contributed by atoms with Crippen LogP contribution < -0.4 is 5.32 Å². The van der Waals surface area contributed by atoms with E-state index in [0.717, 1.165) is 5.75 Å². The maximum absolute atomic E-state index is 11.9. The molecule has 98 valence electrons. The molecule has 1 saturated heterocycles. The van der Waals surface area contributed by atoms with Crippen LogP contribution in [0.1, 0.15) is 13.8 Å². The first kappa shape index (κ1) is 14.1. The third kappa shape index (κ3) is 3.50. The summed E-state index contributed by atoms with van der Waals surface area (Å²) in [5.74, 6) is -0.386. The summed E-state index contributed by atoms with van der Waals surface area (Å²) in [4.78, 5) is 24.2. The lowest BCUT2D eigenvalue weighted by Crippen LogP contribution is -2.55. The molecule has 1 rings (SSSR count). The van der Waals surface area contributed by atoms with E-state index >= 15 is 0 Å². The Balaban J connectivity index is 2.60. The van der Waals surface area contributed by atoms with Crippen molar-refractivity contribution in [2.24, 2.45) is 0 Å². The summed E-state index contributed by atoms with van der Waals surface area (Å²) >= 11 is 1.79. The topological polar surface area (TPSA) is 89.9 Å². The molecule has 1 fully saturated rings. The van der Waals surface area contributed by atoms with Crippen LogP contribution in [-0.2, 0) is 4.79 Å². The maximum Gasteiger partial charge on any atom is 0.328 e. The van der Waals surface area contributed by atoms with Crippen molar-refractivity contribution in [2.45, 2.75) is 31.2 Å². The zero-order chi connectivity index (χ0) is 13.0. The van der Waals surface area contributed by atoms with Crippen molar-refractivity contribution in [3.8, 4) is 0 Å². The van der Waals surface area contributed by atoms with Crippen molar-refractivity contribution in [3.63, 3.8) is 0 Å². The van der Waals surface area contributed by atoms with E-state index in [4.69, 9.17) is 10.2 Å². The molecule has 1 aliphatic heterocycles. The second kappa shape index (κ2) is 6.11. The van der Waals surface area contributed by atoms with Gasteiger partial charge in [-0.3, -0.25) is 0 Å². The highest BCUT2D eigenvalue weighted by molar-refractivity contribution is 8.00. The lowest BCUT2D eigenvalue weighted by atomic mass is 10.2. The van der Waals surface area contributed by atoms with Gasteiger partial charge in [-0.15, -0.1) is 0 Å². The first-order chi connectivity index (χ1) is 7.97. The standard InChI is InChI=1S/C10H18N2O4S/c1-6-7(2)17-4-3-12(6)10(16)11-8(5-13)9(14)15/h6-8,13H,3-5H2,1-2H3,(H,11,16)(H,14,15)/t6?,7?,8-/m0/s1. The van der Waals surface area contributed by atoms with Gasteiger partial charge in [0.15, 0.2) is 6.04 Å². The summed E-state index contributed by atoms with van der Waals surface area (Å²) in [6.07, 6.45) is 0. The molecule has 7 heteroatoms. The fourth-order valence-corrected chi connectivity index (χ4v) is 2.74. The number of thioether (sulfide) groups is 1. The number of urea groups is 1. The van der Waals surface area contributed by atoms with Crippen LogP contribution >= 0.6 is 11.8 Å². The van der Waals surface area contributed by atoms with Gasteiger partial charge in [0.05, 0.1) is 6.61 Å². The van der Waals surface area contributed by atoms with Gasteiger partial charge in [0.1, 0.15) is 0 Å². The molecule has 0 aliphatic carbocycles. The zero-order valence-electron chi connectivity index (χ0n) is 9.92. The highest BCUT2D eigenvalue weighted by Gasteiger charge is 2.30. The van der Waals surface area contributed by atoms with Crippen molar-refractivity contribution in [1.82, 2.24) is 10.2 Å². The van der Waals surface area contributed by atoms with Crippen LogP contribution in [0.3, 0.4) is 0 Å². The Morgan fingerprint density at radius 3 is 2.71 bits per heavy atom. The molecule has 0 aromatic carbocycles. The van der Waals surface area contributed by atoms with Crippen LogP contribution in [0, 0.1) is 0 Å². The molecule has 3 N–H and O–H groups in total. The van der Waals surface area contributed by atoms with Crippen molar-refractivity contribution in [3.05, 3.63) is 0 Å². The summed E-state index contributed by atoms with van der Waals surface area (Å²) in [5, 5.41) is 20.2. The number of amides is 2. The highest BCUT2D eigenvalue weighted by Crippen LogP contribution is 2.24. The van der Waals surface area contributed by atoms with Gasteiger partial charge in [-0.1, -0.05) is 6.92 Å². The molecule has 3 atom stereocenters. The van der Waals surface area contributed by atoms with Gasteiger partial charge < -0.3 is 20.4 Å². The zero-order valence-corrected chi connectivity index (χ0v) is 10.7. The van der Waals surface area contributed by atoms with Gasteiger partial charge in [-0.2, -0.15) is 11.8 Å². The first-order valence-corrected chi connectivity index (χ1v) is 6.54. The van der Waals surface area contributed by atoms with Crippen LogP contribution in [0.4, 0.5) is 4.79 Å². The SMILES string of the molecule is CC1SCCN(C(=O)N[C@@H](CO)C(=O)O)C1C. The Kier molecular flexibility index (Phi) is 5.07. The average Bonchev–Trinajstić information content (AvgIpc) is 2.28. The second-order valence-electron chi connectivity index (χ2n) is 4.03. The van der Waals surface area contributed by atoms with Crippen molar-refractivity contribution in [2.75, 3.05) is 18.9 Å². The fourth-order valence-electron chi connectivity index (χ4n) is 1.64. The van der Waals surface area contributed by atoms with Crippen molar-refractivity contribution >= 4 is 23.8 Å². The average molecular weight is 262 g/mol. The number of carbonyl (C=O) groups excluding carboxylic acids is 1. The van der Waals surface area contributed by atoms with Gasteiger partial charge in [0.2, 0.25) is 0 Å². The molecule has 0 saturated carbocycles. The molecule has 17 heavy (non-hydrogen) atoms. The van der Waals surface area contributed by atoms with E-state index in [1.807, 2.05) is 13.8 Å². The minimum absolute atomic E-state index is 0.0573. The summed E-state index contributed by atoms with van der Waals surface area (Å²) in [7, 11) is 0. The third-order valence-corrected chi connectivity index (χ3v) is 4.26. The molecule has 1 heterocycles. The van der Waals surface area contributed by atoms with Crippen molar-refractivity contribution in [1.29, 1.82) is 0 Å². The summed E-state index contributed by atoms with van der Waals surface area (Å²) < 4.78 is 0. The first-order valence-electron chi connectivity index (χ1n) is 5.49. The smallest absolute Gasteiger partial charge is 0.328 e. The van der Waals surface area contributed by atoms with E-state index in [1.54, 1.807) is 16.7 Å². The normalized spacial score (nSPS) is 26.4. The van der Waals surface area contributed by atoms with E-state index in [1.165, 1.54) is 0 Å². The quantitative estimate of drug-likeness (QED) is 0.664. The molecular formula is C10H18N2O4S. The molecule has 2 amide bonds. The highest BCUT2D eigenvalue weighted by atomic mass is 32.2. The monoisotopic (exact) mass is 262 g/mol. The van der Waals surface area contributed by atoms with E-state index in [-0.39, 0.29) is 6.04 Å². The third-order valence-electron chi connectivity index (χ3n) is 2.92. The number of nitrogens with zero attached hydrogens (tertiary/aromatic N) is 1. The number of nitrogens with one attached hydrogen (secondary N) is 1. The predicted molar refractivity (Wildman–Crippen MR) is 65.1 cm³/mol. The lowest BCUT2D eigenvalue weighted by molar-refractivity contribution is -0.140. The van der Waals surface area contributed by atoms with E-state index in [9.17, 15) is 9.59 Å². The number of carboxylic acid groups (broad SMARTS) is 1. The summed E-state index contributed by atoms with van der Waals surface area (Å²) in [6.45, 7) is 3.97. The molecule has 0 aromatic heterocycles. The Labute approximate surface area is 104 Å². The largest absolute Gasteiger partial charge is 0.480 e. The van der Waals surface area contributed by atoms with Gasteiger partial charge in [-0.05, 0) is 6.92 Å². The van der Waals surface area contributed by atoms with Gasteiger partial charge in [0, 0.05) is 23.6 Å². The van der Waals surface area contributed by atoms with Gasteiger partial charge in [0.25, 0.3) is 0 Å². The molecule has 0 aromatic rings. The number of carbonyl (C=O) groups is 2. The van der Waals surface area contributed by atoms with Crippen LogP contribution in [0.2, 0.25) is 0 Å². The van der Waals surface area contributed by atoms with Crippen LogP contribution in [0.15, 0.2) is 0 Å². The van der Waals surface area contributed by atoms with E-state index in [0.29, 0.717) is 11.8 Å². The summed E-state index contributed by atoms with van der Waals surface area (Å²) in [5.41, 5.74) is 0. The van der Waals surface area contributed by atoms with Crippen LogP contribution in [0.5, 0.6) is 0 Å². The predicted octanol–water partition coefficient (Wildman–Crippen LogP) is -0.0327. The summed E-state index contributed by atoms with van der Waals surface area (Å²) in [6, 6.07) is -1.60. The number of aliphatic hydroxyl groups excluding tert-OH is 1. The number of hydrogen-bond acceptors (Lipinski definition) is 4. The maximum atomic E-state index is 11.9. The Hall–Kier alpha value is -0.950. The van der Waals surface area contributed by atoms with Crippen molar-refractivity contribution < 1.29 is 19.8 Å². The Morgan fingerprint density at radius 1 is 1.53 bits per heavy atom. The van der Waals surface area contributed by atoms with Gasteiger partial charge in [-0.25, -0.2) is 9.59 Å². The molecule has 0 radical (unpaired) electrons. The number of carboxylic acids is 1. The number of hydrogen-bond donors (Lipinski definition) is 3. The van der Waals surface area contributed by atoms with Gasteiger partial charge >= 0.3 is 12.0 Å². The molecular weight excluding hydrogens is 244 g/mol. The van der Waals surface area contributed by atoms with Crippen LogP contribution in [0.25, 0.3) is 0 Å². The number of aliphatic hydroxyl groups is 1. The Morgan fingerprint density at radius 2 is 2.18 bits per heavy atom. The minimum atomic E-state index is -1.24. The lowest BCUT2D eigenvalue weighted by Gasteiger charge is -2.37. The Bertz CT molecular complexity index is 300. The second-order valence-corrected chi connectivity index (χ2v) is 5.52. The van der Waals surface area contributed by atoms with E-state index < -0.39 is 24.6 Å². The fraction of sp³-hybridized carbons (Fsp3) is 0.800. The number of rotatable bonds is 3. The number of aliphatic carboxylic acids is 1. The minimum Gasteiger partial charge on any atom is -0.480 e. The molecule has 1 aliphatic rings. The molecule has 0 spiro atoms. The van der Waals surface area contributed by atoms with Crippen LogP contribution in [-0.4, -0.2) is 63.4 Å². The molecule has 2 unspecified atom stereocenters.